The fourth-order valence-electron chi connectivity index (χ4n) is 1.45. The molecule has 74 valence electrons. The minimum absolute atomic E-state index is 0.764. The number of rotatable bonds is 3. The molecule has 0 amide bonds. The molecular formula is C10H13N3O. The Labute approximate surface area is 82.5 Å². The fourth-order valence-corrected chi connectivity index (χ4v) is 1.45. The predicted molar refractivity (Wildman–Crippen MR) is 54.5 cm³/mol. The first-order valence-electron chi connectivity index (χ1n) is 4.49. The van der Waals surface area contributed by atoms with E-state index >= 15 is 0 Å². The van der Waals surface area contributed by atoms with Crippen LogP contribution in [0.3, 0.4) is 0 Å². The van der Waals surface area contributed by atoms with Crippen LogP contribution >= 0.6 is 0 Å². The zero-order valence-electron chi connectivity index (χ0n) is 8.32. The van der Waals surface area contributed by atoms with Gasteiger partial charge in [0.15, 0.2) is 0 Å². The van der Waals surface area contributed by atoms with E-state index in [4.69, 9.17) is 4.74 Å². The van der Waals surface area contributed by atoms with Gasteiger partial charge in [-0.3, -0.25) is 0 Å². The highest BCUT2D eigenvalue weighted by Crippen LogP contribution is 2.15. The first-order chi connectivity index (χ1) is 6.85. The Morgan fingerprint density at radius 3 is 3.14 bits per heavy atom. The van der Waals surface area contributed by atoms with E-state index < -0.39 is 0 Å². The second-order valence-corrected chi connectivity index (χ2v) is 3.07. The molecule has 4 nitrogen and oxygen atoms in total. The molecule has 0 spiro atoms. The molecule has 0 fully saturated rings. The largest absolute Gasteiger partial charge is 0.497 e. The van der Waals surface area contributed by atoms with Crippen molar-refractivity contribution in [2.75, 3.05) is 14.2 Å². The van der Waals surface area contributed by atoms with Gasteiger partial charge >= 0.3 is 0 Å². The molecule has 0 atom stereocenters. The van der Waals surface area contributed by atoms with Crippen molar-refractivity contribution in [2.24, 2.45) is 0 Å². The maximum atomic E-state index is 5.13. The van der Waals surface area contributed by atoms with Crippen LogP contribution in [0, 0.1) is 0 Å². The average molecular weight is 191 g/mol. The van der Waals surface area contributed by atoms with E-state index in [1.54, 1.807) is 7.11 Å². The van der Waals surface area contributed by atoms with Gasteiger partial charge < -0.3 is 14.5 Å². The number of nitrogens with zero attached hydrogens (tertiary/aromatic N) is 2. The van der Waals surface area contributed by atoms with Gasteiger partial charge in [0.2, 0.25) is 0 Å². The molecule has 0 aliphatic carbocycles. The third kappa shape index (κ3) is 1.44. The van der Waals surface area contributed by atoms with E-state index in [1.165, 1.54) is 0 Å². The van der Waals surface area contributed by atoms with E-state index in [1.807, 2.05) is 36.0 Å². The highest BCUT2D eigenvalue weighted by molar-refractivity contribution is 5.50. The molecule has 1 N–H and O–H groups in total. The van der Waals surface area contributed by atoms with E-state index in [2.05, 4.69) is 10.3 Å². The van der Waals surface area contributed by atoms with Gasteiger partial charge in [-0.25, -0.2) is 4.98 Å². The van der Waals surface area contributed by atoms with Gasteiger partial charge in [0.1, 0.15) is 11.6 Å². The van der Waals surface area contributed by atoms with Crippen molar-refractivity contribution in [3.05, 3.63) is 30.4 Å². The van der Waals surface area contributed by atoms with Crippen molar-refractivity contribution in [3.63, 3.8) is 0 Å². The van der Waals surface area contributed by atoms with Crippen LogP contribution in [0.15, 0.2) is 24.5 Å². The summed E-state index contributed by atoms with van der Waals surface area (Å²) < 4.78 is 7.18. The standard InChI is InChI=1S/C10H13N3O/c1-11-7-10-12-6-8-5-9(14-2)3-4-13(8)10/h3-6,11H,7H2,1-2H3. The molecule has 0 radical (unpaired) electrons. The average Bonchev–Trinajstić information content (AvgIpc) is 2.61. The van der Waals surface area contributed by atoms with Gasteiger partial charge in [0, 0.05) is 12.3 Å². The molecule has 0 aliphatic rings. The van der Waals surface area contributed by atoms with Crippen molar-refractivity contribution in [1.82, 2.24) is 14.7 Å². The monoisotopic (exact) mass is 191 g/mol. The normalized spacial score (nSPS) is 10.7. The van der Waals surface area contributed by atoms with Crippen molar-refractivity contribution in [1.29, 1.82) is 0 Å². The second kappa shape index (κ2) is 3.67. The number of methoxy groups -OCH3 is 1. The van der Waals surface area contributed by atoms with Crippen LogP contribution in [-0.4, -0.2) is 23.5 Å². The van der Waals surface area contributed by atoms with E-state index in [-0.39, 0.29) is 0 Å². The molecule has 2 heterocycles. The summed E-state index contributed by atoms with van der Waals surface area (Å²) >= 11 is 0. The quantitative estimate of drug-likeness (QED) is 0.788. The summed E-state index contributed by atoms with van der Waals surface area (Å²) in [6, 6.07) is 3.89. The summed E-state index contributed by atoms with van der Waals surface area (Å²) in [4.78, 5) is 4.31. The van der Waals surface area contributed by atoms with Crippen molar-refractivity contribution in [3.8, 4) is 5.75 Å². The Kier molecular flexibility index (Phi) is 2.37. The number of hydrogen-bond acceptors (Lipinski definition) is 3. The summed E-state index contributed by atoms with van der Waals surface area (Å²) in [6.07, 6.45) is 3.81. The van der Waals surface area contributed by atoms with Crippen LogP contribution in [0.5, 0.6) is 5.75 Å². The highest BCUT2D eigenvalue weighted by Gasteiger charge is 2.02. The van der Waals surface area contributed by atoms with Gasteiger partial charge in [-0.2, -0.15) is 0 Å². The maximum Gasteiger partial charge on any atom is 0.127 e. The summed E-state index contributed by atoms with van der Waals surface area (Å²) in [6.45, 7) is 0.764. The Morgan fingerprint density at radius 2 is 2.43 bits per heavy atom. The molecule has 2 aromatic rings. The van der Waals surface area contributed by atoms with Crippen LogP contribution < -0.4 is 10.1 Å². The molecule has 2 rings (SSSR count). The summed E-state index contributed by atoms with van der Waals surface area (Å²) in [5, 5.41) is 3.08. The number of fused-ring (bicyclic) bond motifs is 1. The number of aromatic nitrogens is 2. The summed E-state index contributed by atoms with van der Waals surface area (Å²) in [5.41, 5.74) is 1.05. The number of imidazole rings is 1. The van der Waals surface area contributed by atoms with Gasteiger partial charge in [-0.1, -0.05) is 0 Å². The zero-order valence-corrected chi connectivity index (χ0v) is 8.32. The lowest BCUT2D eigenvalue weighted by atomic mass is 10.4. The molecule has 2 aromatic heterocycles. The molecule has 0 bridgehead atoms. The highest BCUT2D eigenvalue weighted by atomic mass is 16.5. The minimum atomic E-state index is 0.764. The number of ether oxygens (including phenoxy) is 1. The van der Waals surface area contributed by atoms with Gasteiger partial charge in [-0.15, -0.1) is 0 Å². The molecule has 0 saturated carbocycles. The van der Waals surface area contributed by atoms with Crippen molar-refractivity contribution < 1.29 is 4.74 Å². The van der Waals surface area contributed by atoms with Gasteiger partial charge in [-0.05, 0) is 13.1 Å². The topological polar surface area (TPSA) is 38.6 Å². The van der Waals surface area contributed by atoms with Crippen molar-refractivity contribution in [2.45, 2.75) is 6.54 Å². The molecular weight excluding hydrogens is 178 g/mol. The minimum Gasteiger partial charge on any atom is -0.497 e. The van der Waals surface area contributed by atoms with Crippen LogP contribution in [0.2, 0.25) is 0 Å². The third-order valence-corrected chi connectivity index (χ3v) is 2.15. The number of hydrogen-bond donors (Lipinski definition) is 1. The SMILES string of the molecule is CNCc1ncc2cc(OC)ccn12. The number of nitrogens with one attached hydrogen (secondary N) is 1. The number of pyridine rings is 1. The Morgan fingerprint density at radius 1 is 1.57 bits per heavy atom. The molecule has 0 aromatic carbocycles. The first-order valence-corrected chi connectivity index (χ1v) is 4.49. The lowest BCUT2D eigenvalue weighted by Gasteiger charge is -2.02. The zero-order chi connectivity index (χ0) is 9.97. The Hall–Kier alpha value is -1.55. The van der Waals surface area contributed by atoms with E-state index in [0.717, 1.165) is 23.6 Å². The lowest BCUT2D eigenvalue weighted by Crippen LogP contribution is -2.08. The van der Waals surface area contributed by atoms with E-state index in [0.29, 0.717) is 0 Å². The van der Waals surface area contributed by atoms with Crippen LogP contribution in [-0.2, 0) is 6.54 Å². The lowest BCUT2D eigenvalue weighted by molar-refractivity contribution is 0.414. The maximum absolute atomic E-state index is 5.13. The molecule has 14 heavy (non-hydrogen) atoms. The van der Waals surface area contributed by atoms with Crippen LogP contribution in [0.1, 0.15) is 5.82 Å². The smallest absolute Gasteiger partial charge is 0.127 e. The van der Waals surface area contributed by atoms with Crippen LogP contribution in [0.4, 0.5) is 0 Å². The van der Waals surface area contributed by atoms with Crippen molar-refractivity contribution >= 4 is 5.52 Å². The Bertz CT molecular complexity index is 436. The van der Waals surface area contributed by atoms with E-state index in [9.17, 15) is 0 Å². The molecule has 0 saturated heterocycles. The van der Waals surface area contributed by atoms with Gasteiger partial charge in [0.05, 0.1) is 25.4 Å². The molecule has 0 aliphatic heterocycles. The predicted octanol–water partition coefficient (Wildman–Crippen LogP) is 1.06. The molecule has 4 heteroatoms. The van der Waals surface area contributed by atoms with Crippen LogP contribution in [0.25, 0.3) is 5.52 Å². The Balaban J connectivity index is 2.48. The second-order valence-electron chi connectivity index (χ2n) is 3.07. The summed E-state index contributed by atoms with van der Waals surface area (Å²) in [7, 11) is 3.57. The van der Waals surface area contributed by atoms with Gasteiger partial charge in [0.25, 0.3) is 0 Å². The molecule has 0 unspecified atom stereocenters. The third-order valence-electron chi connectivity index (χ3n) is 2.15. The first kappa shape index (κ1) is 9.02. The fraction of sp³-hybridized carbons (Fsp3) is 0.300. The summed E-state index contributed by atoms with van der Waals surface area (Å²) in [5.74, 6) is 1.86.